The molecular weight excluding hydrogens is 268 g/mol. The maximum atomic E-state index is 12.0. The molecule has 0 spiro atoms. The number of rotatable bonds is 9. The third-order valence-electron chi connectivity index (χ3n) is 3.04. The number of ether oxygens (including phenoxy) is 2. The number of carbonyl (C=O) groups is 2. The number of hydrogen-bond donors (Lipinski definition) is 0. The molecule has 0 aromatic heterocycles. The van der Waals surface area contributed by atoms with E-state index in [2.05, 4.69) is 6.92 Å². The van der Waals surface area contributed by atoms with E-state index in [1.807, 2.05) is 6.92 Å². The molecule has 0 saturated heterocycles. The Labute approximate surface area is 126 Å². The van der Waals surface area contributed by atoms with Crippen molar-refractivity contribution in [3.63, 3.8) is 0 Å². The van der Waals surface area contributed by atoms with Crippen molar-refractivity contribution < 1.29 is 19.1 Å². The molecule has 21 heavy (non-hydrogen) atoms. The van der Waals surface area contributed by atoms with Gasteiger partial charge in [0.2, 0.25) is 0 Å². The molecule has 0 aliphatic rings. The molecule has 4 heteroatoms. The zero-order chi connectivity index (χ0) is 15.5. The first-order chi connectivity index (χ1) is 10.2. The van der Waals surface area contributed by atoms with Crippen LogP contribution in [0.4, 0.5) is 0 Å². The topological polar surface area (TPSA) is 52.6 Å². The van der Waals surface area contributed by atoms with Crippen LogP contribution in [0.25, 0.3) is 0 Å². The number of carbonyl (C=O) groups excluding carboxylic acids is 2. The van der Waals surface area contributed by atoms with Crippen molar-refractivity contribution in [1.82, 2.24) is 0 Å². The Morgan fingerprint density at radius 3 is 1.90 bits per heavy atom. The Balaban J connectivity index is 2.60. The van der Waals surface area contributed by atoms with E-state index >= 15 is 0 Å². The van der Waals surface area contributed by atoms with Crippen LogP contribution in [-0.2, 0) is 9.47 Å². The van der Waals surface area contributed by atoms with Gasteiger partial charge in [-0.25, -0.2) is 9.59 Å². The highest BCUT2D eigenvalue weighted by Gasteiger charge is 2.18. The molecule has 116 valence electrons. The molecule has 0 N–H and O–H groups in total. The summed E-state index contributed by atoms with van der Waals surface area (Å²) in [6.07, 6.45) is 4.92. The SMILES string of the molecule is CCCCCCOC(=O)c1ccccc1C(=O)OCCC. The minimum Gasteiger partial charge on any atom is -0.462 e. The summed E-state index contributed by atoms with van der Waals surface area (Å²) in [5, 5.41) is 0. The summed E-state index contributed by atoms with van der Waals surface area (Å²) in [6.45, 7) is 4.78. The first kappa shape index (κ1) is 17.2. The second kappa shape index (κ2) is 9.97. The predicted octanol–water partition coefficient (Wildman–Crippen LogP) is 3.99. The van der Waals surface area contributed by atoms with Gasteiger partial charge in [-0.1, -0.05) is 45.2 Å². The van der Waals surface area contributed by atoms with Crippen LogP contribution in [0, 0.1) is 0 Å². The van der Waals surface area contributed by atoms with Crippen molar-refractivity contribution in [2.75, 3.05) is 13.2 Å². The number of unbranched alkanes of at least 4 members (excludes halogenated alkanes) is 3. The Hall–Kier alpha value is -1.84. The molecule has 0 aliphatic heterocycles. The van der Waals surface area contributed by atoms with Gasteiger partial charge < -0.3 is 9.47 Å². The zero-order valence-corrected chi connectivity index (χ0v) is 12.9. The Morgan fingerprint density at radius 1 is 0.810 bits per heavy atom. The van der Waals surface area contributed by atoms with Gasteiger partial charge in [-0.2, -0.15) is 0 Å². The minimum absolute atomic E-state index is 0.268. The lowest BCUT2D eigenvalue weighted by Crippen LogP contribution is -2.14. The van der Waals surface area contributed by atoms with Gasteiger partial charge in [0.05, 0.1) is 24.3 Å². The second-order valence-corrected chi connectivity index (χ2v) is 4.88. The summed E-state index contributed by atoms with van der Waals surface area (Å²) in [6, 6.07) is 6.60. The third kappa shape index (κ3) is 5.98. The van der Waals surface area contributed by atoms with Crippen LogP contribution < -0.4 is 0 Å². The summed E-state index contributed by atoms with van der Waals surface area (Å²) in [7, 11) is 0. The predicted molar refractivity (Wildman–Crippen MR) is 81.4 cm³/mol. The van der Waals surface area contributed by atoms with Gasteiger partial charge in [0.25, 0.3) is 0 Å². The van der Waals surface area contributed by atoms with E-state index in [9.17, 15) is 9.59 Å². The quantitative estimate of drug-likeness (QED) is 0.510. The van der Waals surface area contributed by atoms with E-state index in [-0.39, 0.29) is 11.1 Å². The van der Waals surface area contributed by atoms with Gasteiger partial charge in [0.1, 0.15) is 0 Å². The smallest absolute Gasteiger partial charge is 0.339 e. The van der Waals surface area contributed by atoms with Gasteiger partial charge in [-0.3, -0.25) is 0 Å². The van der Waals surface area contributed by atoms with Crippen LogP contribution in [0.5, 0.6) is 0 Å². The van der Waals surface area contributed by atoms with Crippen molar-refractivity contribution in [3.8, 4) is 0 Å². The van der Waals surface area contributed by atoms with Crippen LogP contribution >= 0.6 is 0 Å². The zero-order valence-electron chi connectivity index (χ0n) is 12.9. The molecule has 0 radical (unpaired) electrons. The summed E-state index contributed by atoms with van der Waals surface area (Å²) < 4.78 is 10.3. The largest absolute Gasteiger partial charge is 0.462 e. The van der Waals surface area contributed by atoms with E-state index in [0.29, 0.717) is 13.2 Å². The molecular formula is C17H24O4. The van der Waals surface area contributed by atoms with Crippen LogP contribution in [-0.4, -0.2) is 25.2 Å². The van der Waals surface area contributed by atoms with Crippen molar-refractivity contribution in [2.45, 2.75) is 46.0 Å². The summed E-state index contributed by atoms with van der Waals surface area (Å²) in [5.74, 6) is -0.939. The van der Waals surface area contributed by atoms with Gasteiger partial charge in [0.15, 0.2) is 0 Å². The normalized spacial score (nSPS) is 10.2. The maximum absolute atomic E-state index is 12.0. The summed E-state index contributed by atoms with van der Waals surface area (Å²) >= 11 is 0. The first-order valence-corrected chi connectivity index (χ1v) is 7.64. The number of benzene rings is 1. The molecule has 0 amide bonds. The fourth-order valence-electron chi connectivity index (χ4n) is 1.88. The van der Waals surface area contributed by atoms with Gasteiger partial charge in [-0.15, -0.1) is 0 Å². The fraction of sp³-hybridized carbons (Fsp3) is 0.529. The molecule has 1 aromatic carbocycles. The number of hydrogen-bond acceptors (Lipinski definition) is 4. The molecule has 0 unspecified atom stereocenters. The van der Waals surface area contributed by atoms with Crippen molar-refractivity contribution in [2.24, 2.45) is 0 Å². The molecule has 0 saturated carbocycles. The summed E-state index contributed by atoms with van der Waals surface area (Å²) in [5.41, 5.74) is 0.540. The first-order valence-electron chi connectivity index (χ1n) is 7.64. The Kier molecular flexibility index (Phi) is 8.17. The number of esters is 2. The molecule has 0 bridgehead atoms. The highest BCUT2D eigenvalue weighted by molar-refractivity contribution is 6.03. The lowest BCUT2D eigenvalue weighted by Gasteiger charge is -2.09. The summed E-state index contributed by atoms with van der Waals surface area (Å²) in [4.78, 5) is 24.0. The van der Waals surface area contributed by atoms with Crippen LogP contribution in [0.3, 0.4) is 0 Å². The van der Waals surface area contributed by atoms with Gasteiger partial charge >= 0.3 is 11.9 Å². The lowest BCUT2D eigenvalue weighted by atomic mass is 10.1. The standard InChI is InChI=1S/C17H24O4/c1-3-5-6-9-13-21-17(19)15-11-8-7-10-14(15)16(18)20-12-4-2/h7-8,10-11H,3-6,9,12-13H2,1-2H3. The van der Waals surface area contributed by atoms with Crippen LogP contribution in [0.2, 0.25) is 0 Å². The molecule has 0 aliphatic carbocycles. The van der Waals surface area contributed by atoms with Crippen molar-refractivity contribution in [1.29, 1.82) is 0 Å². The van der Waals surface area contributed by atoms with E-state index < -0.39 is 11.9 Å². The third-order valence-corrected chi connectivity index (χ3v) is 3.04. The maximum Gasteiger partial charge on any atom is 0.339 e. The Bertz CT molecular complexity index is 454. The fourth-order valence-corrected chi connectivity index (χ4v) is 1.88. The van der Waals surface area contributed by atoms with E-state index in [0.717, 1.165) is 32.1 Å². The minimum atomic E-state index is -0.476. The van der Waals surface area contributed by atoms with E-state index in [1.54, 1.807) is 24.3 Å². The van der Waals surface area contributed by atoms with E-state index in [1.165, 1.54) is 0 Å². The lowest BCUT2D eigenvalue weighted by molar-refractivity contribution is 0.0454. The highest BCUT2D eigenvalue weighted by atomic mass is 16.5. The van der Waals surface area contributed by atoms with E-state index in [4.69, 9.17) is 9.47 Å². The van der Waals surface area contributed by atoms with Crippen LogP contribution in [0.1, 0.15) is 66.7 Å². The molecule has 1 rings (SSSR count). The highest BCUT2D eigenvalue weighted by Crippen LogP contribution is 2.12. The molecule has 4 nitrogen and oxygen atoms in total. The average molecular weight is 292 g/mol. The average Bonchev–Trinajstić information content (AvgIpc) is 2.52. The molecule has 0 heterocycles. The monoisotopic (exact) mass is 292 g/mol. The van der Waals surface area contributed by atoms with Crippen molar-refractivity contribution >= 4 is 11.9 Å². The van der Waals surface area contributed by atoms with Crippen LogP contribution in [0.15, 0.2) is 24.3 Å². The second-order valence-electron chi connectivity index (χ2n) is 4.88. The van der Waals surface area contributed by atoms with Gasteiger partial charge in [0, 0.05) is 0 Å². The van der Waals surface area contributed by atoms with Crippen molar-refractivity contribution in [3.05, 3.63) is 35.4 Å². The molecule has 0 fully saturated rings. The molecule has 0 atom stereocenters. The van der Waals surface area contributed by atoms with Gasteiger partial charge in [-0.05, 0) is 25.0 Å². The molecule has 1 aromatic rings. The Morgan fingerprint density at radius 2 is 1.38 bits per heavy atom.